The van der Waals surface area contributed by atoms with Gasteiger partial charge in [-0.2, -0.15) is 0 Å². The van der Waals surface area contributed by atoms with E-state index in [-0.39, 0.29) is 12.5 Å². The summed E-state index contributed by atoms with van der Waals surface area (Å²) >= 11 is 0. The fourth-order valence-electron chi connectivity index (χ4n) is 3.48. The molecule has 1 saturated carbocycles. The Balaban J connectivity index is 2.29. The van der Waals surface area contributed by atoms with Crippen LogP contribution < -0.4 is 5.32 Å². The Hall–Kier alpha value is -1.97. The number of hydrogen-bond donors (Lipinski definition) is 1. The first-order valence-electron chi connectivity index (χ1n) is 10.1. The summed E-state index contributed by atoms with van der Waals surface area (Å²) in [5.41, 5.74) is 1.27. The number of rotatable bonds is 11. The van der Waals surface area contributed by atoms with Crippen molar-refractivity contribution in [1.82, 2.24) is 5.32 Å². The molecule has 0 aromatic rings. The highest BCUT2D eigenvalue weighted by Gasteiger charge is 2.18. The van der Waals surface area contributed by atoms with Gasteiger partial charge in [0.1, 0.15) is 13.0 Å². The molecule has 27 heavy (non-hydrogen) atoms. The minimum absolute atomic E-state index is 0.00797. The molecular weight excluding hydrogens is 333 g/mol. The van der Waals surface area contributed by atoms with E-state index in [1.54, 1.807) is 30.4 Å². The van der Waals surface area contributed by atoms with Crippen LogP contribution in [0, 0.1) is 5.92 Å². The van der Waals surface area contributed by atoms with Gasteiger partial charge in [0.25, 0.3) is 5.91 Å². The maximum absolute atomic E-state index is 12.0. The van der Waals surface area contributed by atoms with Crippen molar-refractivity contribution in [3.63, 3.8) is 0 Å². The number of ether oxygens (including phenoxy) is 1. The van der Waals surface area contributed by atoms with Gasteiger partial charge in [-0.25, -0.2) is 0 Å². The van der Waals surface area contributed by atoms with Gasteiger partial charge in [0.2, 0.25) is 0 Å². The van der Waals surface area contributed by atoms with Crippen LogP contribution in [0.4, 0.5) is 0 Å². The van der Waals surface area contributed by atoms with Gasteiger partial charge in [-0.1, -0.05) is 81.9 Å². The maximum atomic E-state index is 12.0. The van der Waals surface area contributed by atoms with Gasteiger partial charge in [0, 0.05) is 6.54 Å². The lowest BCUT2D eigenvalue weighted by molar-refractivity contribution is -0.124. The third kappa shape index (κ3) is 10.1. The van der Waals surface area contributed by atoms with Crippen LogP contribution in [0.15, 0.2) is 61.4 Å². The van der Waals surface area contributed by atoms with Crippen LogP contribution in [-0.4, -0.2) is 26.3 Å². The van der Waals surface area contributed by atoms with Crippen molar-refractivity contribution in [3.05, 3.63) is 61.4 Å². The molecule has 0 aromatic heterocycles. The van der Waals surface area contributed by atoms with Crippen molar-refractivity contribution in [2.24, 2.45) is 5.92 Å². The molecule has 0 heterocycles. The average molecular weight is 368 g/mol. The van der Waals surface area contributed by atoms with Crippen LogP contribution in [0.2, 0.25) is 12.6 Å². The Morgan fingerprint density at radius 3 is 2.48 bits per heavy atom. The second-order valence-electron chi connectivity index (χ2n) is 7.10. The number of amides is 1. The molecule has 1 amide bonds. The predicted octanol–water partition coefficient (Wildman–Crippen LogP) is 5.39. The quantitative estimate of drug-likeness (QED) is 0.230. The lowest BCUT2D eigenvalue weighted by atomic mass is 9.61. The molecule has 0 aromatic carbocycles. The molecule has 1 radical (unpaired) electrons. The van der Waals surface area contributed by atoms with Crippen molar-refractivity contribution in [3.8, 4) is 0 Å². The fraction of sp³-hybridized carbons (Fsp3) is 0.522. The number of carbonyl (C=O) groups is 1. The van der Waals surface area contributed by atoms with Gasteiger partial charge in [-0.05, 0) is 37.3 Å². The summed E-state index contributed by atoms with van der Waals surface area (Å²) in [5, 5.41) is 2.92. The summed E-state index contributed by atoms with van der Waals surface area (Å²) in [6.07, 6.45) is 16.9. The molecular formula is C23H35BNO2. The van der Waals surface area contributed by atoms with Crippen LogP contribution in [0.1, 0.15) is 44.9 Å². The lowest BCUT2D eigenvalue weighted by Crippen LogP contribution is -2.29. The third-order valence-corrected chi connectivity index (χ3v) is 5.12. The maximum Gasteiger partial charge on any atom is 0.257 e. The number of allylic oxidation sites excluding steroid dienone is 5. The minimum Gasteiger partial charge on any atom is -0.484 e. The minimum atomic E-state index is -0.122. The van der Waals surface area contributed by atoms with Crippen molar-refractivity contribution in [2.45, 2.75) is 57.6 Å². The summed E-state index contributed by atoms with van der Waals surface area (Å²) in [6, 6.07) is 0. The molecule has 1 fully saturated rings. The van der Waals surface area contributed by atoms with E-state index in [0.717, 1.165) is 12.2 Å². The smallest absolute Gasteiger partial charge is 0.257 e. The normalized spacial score (nSPS) is 21.0. The molecule has 4 heteroatoms. The number of nitrogens with one attached hydrogen (secondary N) is 1. The highest BCUT2D eigenvalue weighted by molar-refractivity contribution is 6.35. The monoisotopic (exact) mass is 368 g/mol. The van der Waals surface area contributed by atoms with E-state index in [9.17, 15) is 4.79 Å². The summed E-state index contributed by atoms with van der Waals surface area (Å²) < 4.78 is 5.49. The van der Waals surface area contributed by atoms with Crippen molar-refractivity contribution in [1.29, 1.82) is 0 Å². The van der Waals surface area contributed by atoms with Crippen molar-refractivity contribution in [2.75, 3.05) is 13.2 Å². The van der Waals surface area contributed by atoms with E-state index >= 15 is 0 Å². The molecule has 0 atom stereocenters. The fourth-order valence-corrected chi connectivity index (χ4v) is 3.48. The van der Waals surface area contributed by atoms with Gasteiger partial charge < -0.3 is 10.1 Å². The Bertz CT molecular complexity index is 541. The van der Waals surface area contributed by atoms with Gasteiger partial charge in [-0.3, -0.25) is 4.79 Å². The summed E-state index contributed by atoms with van der Waals surface area (Å²) in [6.45, 7) is 14.3. The first kappa shape index (κ1) is 23.1. The lowest BCUT2D eigenvalue weighted by Gasteiger charge is -2.25. The van der Waals surface area contributed by atoms with Crippen LogP contribution in [0.3, 0.4) is 0 Å². The van der Waals surface area contributed by atoms with Crippen LogP contribution in [0.25, 0.3) is 0 Å². The largest absolute Gasteiger partial charge is 0.484 e. The zero-order valence-electron chi connectivity index (χ0n) is 16.9. The molecule has 147 valence electrons. The van der Waals surface area contributed by atoms with E-state index in [4.69, 9.17) is 4.74 Å². The average Bonchev–Trinajstić information content (AvgIpc) is 2.64. The van der Waals surface area contributed by atoms with Crippen LogP contribution >= 0.6 is 0 Å². The summed E-state index contributed by atoms with van der Waals surface area (Å²) in [7, 11) is 2.36. The van der Waals surface area contributed by atoms with E-state index in [1.807, 2.05) is 0 Å². The van der Waals surface area contributed by atoms with Gasteiger partial charge in [0.15, 0.2) is 6.61 Å². The predicted molar refractivity (Wildman–Crippen MR) is 117 cm³/mol. The molecule has 0 aliphatic heterocycles. The Labute approximate surface area is 166 Å². The Morgan fingerprint density at radius 2 is 1.89 bits per heavy atom. The standard InChI is InChI=1S/C23H35BNO2/c1-5-7-15-22(10-6-2)27-18-23(26)25-17-16-19(3)20-11-8-13-21(24-4)14-9-12-20/h5-7,10,15,20-21H,1-3,8-9,11-14,16-18H2,4H3,(H,25,26)/b15-7-,22-10+. The van der Waals surface area contributed by atoms with E-state index in [2.05, 4.69) is 39.2 Å². The topological polar surface area (TPSA) is 38.3 Å². The zero-order valence-corrected chi connectivity index (χ0v) is 16.9. The molecule has 3 nitrogen and oxygen atoms in total. The Kier molecular flexibility index (Phi) is 12.1. The molecule has 0 unspecified atom stereocenters. The second-order valence-corrected chi connectivity index (χ2v) is 7.10. The Morgan fingerprint density at radius 1 is 1.19 bits per heavy atom. The van der Waals surface area contributed by atoms with Gasteiger partial charge >= 0.3 is 0 Å². The zero-order chi connectivity index (χ0) is 19.9. The summed E-state index contributed by atoms with van der Waals surface area (Å²) in [5.74, 6) is 1.85. The van der Waals surface area contributed by atoms with E-state index in [1.165, 1.54) is 44.1 Å². The van der Waals surface area contributed by atoms with Gasteiger partial charge in [-0.15, -0.1) is 0 Å². The SMILES string of the molecule is C=C/C=C\C(=C/C=C)OCC(=O)NCCC(=C)C1CCCC([B]C)CCC1. The molecule has 1 aliphatic carbocycles. The first-order valence-corrected chi connectivity index (χ1v) is 10.1. The van der Waals surface area contributed by atoms with Crippen LogP contribution in [0.5, 0.6) is 0 Å². The first-order chi connectivity index (χ1) is 13.1. The number of hydrogen-bond acceptors (Lipinski definition) is 2. The summed E-state index contributed by atoms with van der Waals surface area (Å²) in [4.78, 5) is 12.0. The molecule has 1 N–H and O–H groups in total. The second kappa shape index (κ2) is 14.1. The third-order valence-electron chi connectivity index (χ3n) is 5.12. The van der Waals surface area contributed by atoms with Crippen molar-refractivity contribution >= 4 is 13.2 Å². The van der Waals surface area contributed by atoms with E-state index in [0.29, 0.717) is 18.2 Å². The molecule has 1 rings (SSSR count). The molecule has 0 bridgehead atoms. The molecule has 0 spiro atoms. The van der Waals surface area contributed by atoms with Gasteiger partial charge in [0.05, 0.1) is 0 Å². The highest BCUT2D eigenvalue weighted by Crippen LogP contribution is 2.32. The van der Waals surface area contributed by atoms with Crippen LogP contribution in [-0.2, 0) is 9.53 Å². The molecule has 0 saturated heterocycles. The van der Waals surface area contributed by atoms with E-state index < -0.39 is 0 Å². The van der Waals surface area contributed by atoms with Crippen molar-refractivity contribution < 1.29 is 9.53 Å². The number of carbonyl (C=O) groups excluding carboxylic acids is 1. The highest BCUT2D eigenvalue weighted by atomic mass is 16.5. The molecule has 1 aliphatic rings.